The molecular formula is C26H46N4O8Si2. The van der Waals surface area contributed by atoms with Gasteiger partial charge in [-0.1, -0.05) is 55.4 Å². The van der Waals surface area contributed by atoms with Gasteiger partial charge in [-0.2, -0.15) is 0 Å². The van der Waals surface area contributed by atoms with Crippen molar-refractivity contribution in [2.24, 2.45) is 0 Å². The maximum Gasteiger partial charge on any atom is 0.335 e. The minimum Gasteiger partial charge on any atom is -0.414 e. The Bertz CT molecular complexity index is 1190. The van der Waals surface area contributed by atoms with E-state index in [-0.39, 0.29) is 46.6 Å². The molecule has 0 spiro atoms. The monoisotopic (exact) mass is 598 g/mol. The molecular weight excluding hydrogens is 552 g/mol. The van der Waals surface area contributed by atoms with Crippen molar-refractivity contribution in [3.63, 3.8) is 0 Å². The first kappa shape index (κ1) is 31.4. The van der Waals surface area contributed by atoms with Crippen LogP contribution in [0.4, 0.5) is 0 Å². The minimum atomic E-state index is -2.93. The summed E-state index contributed by atoms with van der Waals surface area (Å²) in [6.45, 7) is 18.3. The largest absolute Gasteiger partial charge is 0.414 e. The molecule has 4 heterocycles. The third-order valence-electron chi connectivity index (χ3n) is 8.13. The second-order valence-electron chi connectivity index (χ2n) is 12.0. The van der Waals surface area contributed by atoms with Crippen LogP contribution in [0, 0.1) is 0 Å². The number of methoxy groups -OCH3 is 1. The minimum absolute atomic E-state index is 0.0321. The van der Waals surface area contributed by atoms with Crippen molar-refractivity contribution in [2.45, 2.75) is 109 Å². The van der Waals surface area contributed by atoms with Gasteiger partial charge in [0.15, 0.2) is 17.4 Å². The summed E-state index contributed by atoms with van der Waals surface area (Å²) in [4.78, 5) is 21.9. The number of fused-ring (bicyclic) bond motifs is 2. The van der Waals surface area contributed by atoms with Crippen LogP contribution >= 0.6 is 0 Å². The van der Waals surface area contributed by atoms with E-state index in [0.29, 0.717) is 18.9 Å². The SMILES string of the molecule is COCCOCn1cnc2c(ncn2[C@@H]2O[C@@H]3CO[Si](C(C)C)(C(C)C)O[Si](C(C)C)(C(C)C)O[C@H]3[C@H]2O)c1=O. The van der Waals surface area contributed by atoms with E-state index >= 15 is 0 Å². The van der Waals surface area contributed by atoms with Crippen molar-refractivity contribution in [3.05, 3.63) is 23.0 Å². The molecule has 0 aromatic carbocycles. The van der Waals surface area contributed by atoms with Gasteiger partial charge in [-0.15, -0.1) is 0 Å². The highest BCUT2D eigenvalue weighted by Crippen LogP contribution is 2.48. The Hall–Kier alpha value is -1.50. The number of nitrogens with zero attached hydrogens (tertiary/aromatic N) is 4. The molecule has 40 heavy (non-hydrogen) atoms. The lowest BCUT2D eigenvalue weighted by molar-refractivity contribution is -0.0570. The molecule has 2 aliphatic rings. The lowest BCUT2D eigenvalue weighted by Crippen LogP contribution is -2.65. The molecule has 2 aromatic rings. The molecule has 2 aliphatic heterocycles. The van der Waals surface area contributed by atoms with Gasteiger partial charge in [0.2, 0.25) is 0 Å². The van der Waals surface area contributed by atoms with Crippen LogP contribution in [0.3, 0.4) is 0 Å². The van der Waals surface area contributed by atoms with Gasteiger partial charge in [-0.05, 0) is 22.2 Å². The Morgan fingerprint density at radius 1 is 1.00 bits per heavy atom. The van der Waals surface area contributed by atoms with E-state index in [9.17, 15) is 9.90 Å². The summed E-state index contributed by atoms with van der Waals surface area (Å²) >= 11 is 0. The van der Waals surface area contributed by atoms with Gasteiger partial charge in [0.1, 0.15) is 31.4 Å². The fourth-order valence-corrected chi connectivity index (χ4v) is 17.1. The summed E-state index contributed by atoms with van der Waals surface area (Å²) in [5, 5.41) is 11.6. The number of hydrogen-bond donors (Lipinski definition) is 1. The Morgan fingerprint density at radius 3 is 2.25 bits per heavy atom. The Morgan fingerprint density at radius 2 is 1.65 bits per heavy atom. The second-order valence-corrected chi connectivity index (χ2v) is 20.8. The molecule has 2 aromatic heterocycles. The smallest absolute Gasteiger partial charge is 0.335 e. The summed E-state index contributed by atoms with van der Waals surface area (Å²) < 4.78 is 40.8. The van der Waals surface area contributed by atoms with Crippen molar-refractivity contribution in [2.75, 3.05) is 26.9 Å². The van der Waals surface area contributed by atoms with Crippen molar-refractivity contribution in [3.8, 4) is 0 Å². The predicted octanol–water partition coefficient (Wildman–Crippen LogP) is 3.43. The van der Waals surface area contributed by atoms with Crippen molar-refractivity contribution < 1.29 is 32.3 Å². The number of aliphatic hydroxyl groups excluding tert-OH is 1. The molecule has 0 bridgehead atoms. The lowest BCUT2D eigenvalue weighted by atomic mass is 10.1. The average molecular weight is 599 g/mol. The van der Waals surface area contributed by atoms with E-state index < -0.39 is 41.7 Å². The third kappa shape index (κ3) is 5.50. The summed E-state index contributed by atoms with van der Waals surface area (Å²) in [6.07, 6.45) is -0.204. The van der Waals surface area contributed by atoms with E-state index in [0.717, 1.165) is 0 Å². The Kier molecular flexibility index (Phi) is 9.74. The van der Waals surface area contributed by atoms with E-state index in [1.807, 2.05) is 0 Å². The van der Waals surface area contributed by atoms with Crippen LogP contribution in [0.5, 0.6) is 0 Å². The van der Waals surface area contributed by atoms with Crippen LogP contribution < -0.4 is 5.56 Å². The topological polar surface area (TPSA) is 128 Å². The molecule has 0 unspecified atom stereocenters. The number of hydrogen-bond acceptors (Lipinski definition) is 10. The Balaban J connectivity index is 1.69. The van der Waals surface area contributed by atoms with Crippen LogP contribution in [0.25, 0.3) is 11.2 Å². The molecule has 0 radical (unpaired) electrons. The van der Waals surface area contributed by atoms with Crippen molar-refractivity contribution in [1.29, 1.82) is 0 Å². The fraction of sp³-hybridized carbons (Fsp3) is 0.808. The normalized spacial score (nSPS) is 26.6. The van der Waals surface area contributed by atoms with Crippen LogP contribution in [0.15, 0.2) is 17.4 Å². The lowest BCUT2D eigenvalue weighted by Gasteiger charge is -2.51. The van der Waals surface area contributed by atoms with Gasteiger partial charge in [0.25, 0.3) is 5.56 Å². The standard InChI is InChI=1S/C26H46N4O8Si2/c1-16(2)39(17(3)4)35-12-20-23(37-40(38-39,18(5)6)19(7)8)22(31)26(36-20)30-14-27-21-24(30)28-13-29(25(21)32)15-34-11-10-33-9/h13-14,16-20,22-23,26,31H,10-12,15H2,1-9H3/t20-,22-,23-,26-/m1/s1. The molecule has 2 fully saturated rings. The van der Waals surface area contributed by atoms with Crippen molar-refractivity contribution >= 4 is 28.3 Å². The molecule has 0 saturated carbocycles. The van der Waals surface area contributed by atoms with Gasteiger partial charge >= 0.3 is 17.1 Å². The van der Waals surface area contributed by atoms with Crippen molar-refractivity contribution in [1.82, 2.24) is 19.1 Å². The highest BCUT2D eigenvalue weighted by Gasteiger charge is 2.61. The zero-order valence-corrected chi connectivity index (χ0v) is 27.2. The van der Waals surface area contributed by atoms with Crippen LogP contribution in [0.1, 0.15) is 61.6 Å². The fourth-order valence-electron chi connectivity index (χ4n) is 5.90. The highest BCUT2D eigenvalue weighted by atomic mass is 28.5. The van der Waals surface area contributed by atoms with E-state index in [1.54, 1.807) is 11.7 Å². The average Bonchev–Trinajstić information content (AvgIpc) is 3.43. The van der Waals surface area contributed by atoms with Gasteiger partial charge in [-0.3, -0.25) is 13.9 Å². The van der Waals surface area contributed by atoms with Crippen LogP contribution in [0.2, 0.25) is 22.2 Å². The molecule has 2 saturated heterocycles. The summed E-state index contributed by atoms with van der Waals surface area (Å²) in [5.74, 6) is 0. The van der Waals surface area contributed by atoms with E-state index in [2.05, 4.69) is 65.4 Å². The molecule has 12 nitrogen and oxygen atoms in total. The van der Waals surface area contributed by atoms with Gasteiger partial charge < -0.3 is 32.3 Å². The maximum absolute atomic E-state index is 13.1. The maximum atomic E-state index is 13.1. The van der Waals surface area contributed by atoms with E-state index in [4.69, 9.17) is 27.2 Å². The zero-order valence-electron chi connectivity index (χ0n) is 25.2. The number of aliphatic hydroxyl groups is 1. The first-order valence-corrected chi connectivity index (χ1v) is 18.2. The highest BCUT2D eigenvalue weighted by molar-refractivity contribution is 6.84. The second kappa shape index (κ2) is 12.4. The molecule has 4 atom stereocenters. The van der Waals surface area contributed by atoms with E-state index in [1.165, 1.54) is 17.2 Å². The molecule has 0 amide bonds. The number of rotatable bonds is 10. The first-order valence-electron chi connectivity index (χ1n) is 14.2. The summed E-state index contributed by atoms with van der Waals surface area (Å²) in [7, 11) is -4.09. The summed E-state index contributed by atoms with van der Waals surface area (Å²) in [5.41, 5.74) is 0.763. The molecule has 14 heteroatoms. The van der Waals surface area contributed by atoms with Crippen LogP contribution in [-0.2, 0) is 33.9 Å². The number of ether oxygens (including phenoxy) is 3. The quantitative estimate of drug-likeness (QED) is 0.321. The molecule has 226 valence electrons. The molecule has 1 N–H and O–H groups in total. The molecule has 4 rings (SSSR count). The molecule has 0 aliphatic carbocycles. The number of imidazole rings is 1. The zero-order chi connectivity index (χ0) is 29.4. The first-order chi connectivity index (χ1) is 18.9. The van der Waals surface area contributed by atoms with Gasteiger partial charge in [0, 0.05) is 7.11 Å². The van der Waals surface area contributed by atoms with Gasteiger partial charge in [0.05, 0.1) is 26.1 Å². The summed E-state index contributed by atoms with van der Waals surface area (Å²) in [6, 6.07) is 0. The van der Waals surface area contributed by atoms with Gasteiger partial charge in [-0.25, -0.2) is 9.97 Å². The Labute approximate surface area is 238 Å². The third-order valence-corrected chi connectivity index (χ3v) is 18.4. The predicted molar refractivity (Wildman–Crippen MR) is 153 cm³/mol. The number of aromatic nitrogens is 4. The van der Waals surface area contributed by atoms with Crippen LogP contribution in [-0.4, -0.2) is 86.6 Å².